The lowest BCUT2D eigenvalue weighted by Gasteiger charge is -2.13. The first-order valence-electron chi connectivity index (χ1n) is 9.66. The molecule has 0 aliphatic carbocycles. The molecule has 0 bridgehead atoms. The summed E-state index contributed by atoms with van der Waals surface area (Å²) in [5, 5.41) is 10.1. The van der Waals surface area contributed by atoms with E-state index in [9.17, 15) is 0 Å². The summed E-state index contributed by atoms with van der Waals surface area (Å²) in [6.07, 6.45) is 11.9. The number of hydrogen-bond acceptors (Lipinski definition) is 5. The van der Waals surface area contributed by atoms with Crippen LogP contribution in [0.2, 0.25) is 0 Å². The molecule has 0 unspecified atom stereocenters. The Morgan fingerprint density at radius 2 is 1.79 bits per heavy atom. The molecule has 144 valence electrons. The van der Waals surface area contributed by atoms with E-state index >= 15 is 0 Å². The van der Waals surface area contributed by atoms with Crippen LogP contribution in [0.25, 0.3) is 22.3 Å². The minimum atomic E-state index is 0.517. The lowest BCUT2D eigenvalue weighted by molar-refractivity contribution is 0.913. The highest BCUT2D eigenvalue weighted by atomic mass is 15.0. The number of fused-ring (bicyclic) bond motifs is 1. The lowest BCUT2D eigenvalue weighted by atomic mass is 9.95. The van der Waals surface area contributed by atoms with Crippen molar-refractivity contribution >= 4 is 10.9 Å². The molecule has 0 spiro atoms. The summed E-state index contributed by atoms with van der Waals surface area (Å²) in [6.45, 7) is 2.09. The van der Waals surface area contributed by atoms with Gasteiger partial charge in [0.2, 0.25) is 0 Å². The zero-order valence-corrected chi connectivity index (χ0v) is 16.6. The Morgan fingerprint density at radius 1 is 0.966 bits per heavy atom. The fraction of sp³-hybridized carbons (Fsp3) is 0.261. The fourth-order valence-electron chi connectivity index (χ4n) is 3.63. The number of hydrogen-bond donors (Lipinski definition) is 0. The third-order valence-corrected chi connectivity index (χ3v) is 5.23. The molecule has 0 saturated heterocycles. The topological polar surface area (TPSA) is 80.3 Å². The van der Waals surface area contributed by atoms with Gasteiger partial charge in [-0.25, -0.2) is 19.9 Å². The van der Waals surface area contributed by atoms with Crippen LogP contribution in [0.1, 0.15) is 28.7 Å². The molecule has 3 heterocycles. The first-order valence-corrected chi connectivity index (χ1v) is 9.66. The molecule has 0 fully saturated rings. The Hall–Kier alpha value is -3.59. The molecule has 6 nitrogen and oxygen atoms in total. The normalized spacial score (nSPS) is 10.9. The average molecular weight is 382 g/mol. The van der Waals surface area contributed by atoms with Gasteiger partial charge in [-0.3, -0.25) is 0 Å². The van der Waals surface area contributed by atoms with Crippen molar-refractivity contribution in [3.05, 3.63) is 71.7 Å². The monoisotopic (exact) mass is 382 g/mol. The van der Waals surface area contributed by atoms with Crippen LogP contribution in [0, 0.1) is 18.3 Å². The number of benzene rings is 1. The molecule has 0 atom stereocenters. The molecule has 0 radical (unpaired) electrons. The molecule has 4 aromatic rings. The summed E-state index contributed by atoms with van der Waals surface area (Å²) in [5.74, 6) is 0. The van der Waals surface area contributed by atoms with E-state index in [0.29, 0.717) is 6.42 Å². The quantitative estimate of drug-likeness (QED) is 0.504. The molecule has 6 heteroatoms. The van der Waals surface area contributed by atoms with Crippen molar-refractivity contribution in [2.45, 2.75) is 32.6 Å². The van der Waals surface area contributed by atoms with Crippen molar-refractivity contribution in [3.63, 3.8) is 0 Å². The third kappa shape index (κ3) is 3.99. The van der Waals surface area contributed by atoms with E-state index in [1.165, 1.54) is 16.7 Å². The second-order valence-electron chi connectivity index (χ2n) is 7.26. The van der Waals surface area contributed by atoms with Crippen molar-refractivity contribution in [2.24, 2.45) is 7.05 Å². The van der Waals surface area contributed by atoms with Gasteiger partial charge in [0.05, 0.1) is 35.5 Å². The average Bonchev–Trinajstić information content (AvgIpc) is 3.17. The van der Waals surface area contributed by atoms with E-state index in [4.69, 9.17) is 10.2 Å². The van der Waals surface area contributed by atoms with Gasteiger partial charge in [0.1, 0.15) is 6.33 Å². The van der Waals surface area contributed by atoms with Crippen LogP contribution in [0.15, 0.2) is 49.4 Å². The summed E-state index contributed by atoms with van der Waals surface area (Å²) in [6, 6.07) is 8.75. The Kier molecular flexibility index (Phi) is 5.30. The van der Waals surface area contributed by atoms with Gasteiger partial charge in [0.15, 0.2) is 0 Å². The Bertz CT molecular complexity index is 1190. The van der Waals surface area contributed by atoms with E-state index < -0.39 is 0 Å². The van der Waals surface area contributed by atoms with E-state index in [-0.39, 0.29) is 0 Å². The van der Waals surface area contributed by atoms with Gasteiger partial charge >= 0.3 is 0 Å². The second-order valence-corrected chi connectivity index (χ2v) is 7.26. The smallest absolute Gasteiger partial charge is 0.115 e. The third-order valence-electron chi connectivity index (χ3n) is 5.23. The highest BCUT2D eigenvalue weighted by Gasteiger charge is 2.13. The van der Waals surface area contributed by atoms with Crippen molar-refractivity contribution < 1.29 is 0 Å². The van der Waals surface area contributed by atoms with Crippen molar-refractivity contribution in [1.29, 1.82) is 5.26 Å². The van der Waals surface area contributed by atoms with Crippen molar-refractivity contribution in [2.75, 3.05) is 0 Å². The van der Waals surface area contributed by atoms with Crippen molar-refractivity contribution in [1.82, 2.24) is 24.5 Å². The fourth-order valence-corrected chi connectivity index (χ4v) is 3.63. The number of rotatable bonds is 6. The van der Waals surface area contributed by atoms with Crippen LogP contribution >= 0.6 is 0 Å². The molecule has 0 aliphatic rings. The number of pyridine rings is 1. The van der Waals surface area contributed by atoms with Crippen LogP contribution < -0.4 is 0 Å². The molecule has 29 heavy (non-hydrogen) atoms. The summed E-state index contributed by atoms with van der Waals surface area (Å²) >= 11 is 0. The highest BCUT2D eigenvalue weighted by molar-refractivity contribution is 5.86. The summed E-state index contributed by atoms with van der Waals surface area (Å²) in [4.78, 5) is 17.4. The van der Waals surface area contributed by atoms with Gasteiger partial charge in [-0.1, -0.05) is 0 Å². The predicted molar refractivity (Wildman–Crippen MR) is 112 cm³/mol. The zero-order chi connectivity index (χ0) is 20.2. The summed E-state index contributed by atoms with van der Waals surface area (Å²) in [7, 11) is 1.98. The van der Waals surface area contributed by atoms with Crippen LogP contribution in [0.5, 0.6) is 0 Å². The highest BCUT2D eigenvalue weighted by Crippen LogP contribution is 2.28. The maximum atomic E-state index is 8.98. The number of imidazole rings is 1. The molecule has 0 N–H and O–H groups in total. The van der Waals surface area contributed by atoms with Crippen LogP contribution in [0.3, 0.4) is 0 Å². The first kappa shape index (κ1) is 18.8. The predicted octanol–water partition coefficient (Wildman–Crippen LogP) is 3.98. The lowest BCUT2D eigenvalue weighted by Crippen LogP contribution is -2.00. The van der Waals surface area contributed by atoms with E-state index in [0.717, 1.165) is 47.1 Å². The summed E-state index contributed by atoms with van der Waals surface area (Å²) in [5.41, 5.74) is 7.59. The van der Waals surface area contributed by atoms with Crippen LogP contribution in [-0.2, 0) is 26.3 Å². The molecule has 1 aromatic carbocycles. The van der Waals surface area contributed by atoms with E-state index in [2.05, 4.69) is 46.1 Å². The molecule has 0 amide bonds. The Morgan fingerprint density at radius 3 is 2.52 bits per heavy atom. The minimum absolute atomic E-state index is 0.517. The van der Waals surface area contributed by atoms with Crippen LogP contribution in [-0.4, -0.2) is 24.5 Å². The minimum Gasteiger partial charge on any atom is -0.332 e. The first-order chi connectivity index (χ1) is 14.2. The van der Waals surface area contributed by atoms with Crippen LogP contribution in [0.4, 0.5) is 0 Å². The number of aromatic nitrogens is 5. The molecule has 3 aromatic heterocycles. The van der Waals surface area contributed by atoms with Crippen molar-refractivity contribution in [3.8, 4) is 17.5 Å². The van der Waals surface area contributed by atoms with Gasteiger partial charge in [-0.2, -0.15) is 5.26 Å². The Balaban J connectivity index is 1.81. The molecule has 4 rings (SSSR count). The largest absolute Gasteiger partial charge is 0.332 e. The van der Waals surface area contributed by atoms with Gasteiger partial charge in [0, 0.05) is 31.2 Å². The Labute approximate surface area is 169 Å². The molecule has 0 saturated carbocycles. The summed E-state index contributed by atoms with van der Waals surface area (Å²) < 4.78 is 1.98. The van der Waals surface area contributed by atoms with Gasteiger partial charge < -0.3 is 4.57 Å². The zero-order valence-electron chi connectivity index (χ0n) is 16.6. The number of aryl methyl sites for hydroxylation is 5. The van der Waals surface area contributed by atoms with Gasteiger partial charge in [-0.15, -0.1) is 0 Å². The molecular formula is C23H22N6. The molecule has 0 aliphatic heterocycles. The van der Waals surface area contributed by atoms with Gasteiger partial charge in [0.25, 0.3) is 0 Å². The SMILES string of the molecule is Cc1cc2nc(-c3cncn3C)cc(CCc3cncnc3)c2cc1CCC#N. The maximum absolute atomic E-state index is 8.98. The maximum Gasteiger partial charge on any atom is 0.115 e. The standard InChI is InChI=1S/C23H22N6/c1-16-8-21-20(9-18(16)4-3-7-24)19(6-5-17-11-25-14-26-12-17)10-22(28-21)23-13-27-15-29(23)2/h8-15H,3-6H2,1-2H3. The second kappa shape index (κ2) is 8.19. The number of nitriles is 1. The number of nitrogens with zero attached hydrogens (tertiary/aromatic N) is 6. The van der Waals surface area contributed by atoms with E-state index in [1.807, 2.05) is 30.2 Å². The van der Waals surface area contributed by atoms with Gasteiger partial charge in [-0.05, 0) is 66.6 Å². The molecular weight excluding hydrogens is 360 g/mol. The van der Waals surface area contributed by atoms with E-state index in [1.54, 1.807) is 12.7 Å².